The van der Waals surface area contributed by atoms with Crippen molar-refractivity contribution in [2.24, 2.45) is 0 Å². The smallest absolute Gasteiger partial charge is 0.372 e. The third kappa shape index (κ3) is 4.10. The van der Waals surface area contributed by atoms with Gasteiger partial charge in [0, 0.05) is 5.57 Å². The first-order valence-electron chi connectivity index (χ1n) is 8.18. The number of hydrogen-bond donors (Lipinski definition) is 0. The Morgan fingerprint density at radius 2 is 1.62 bits per heavy atom. The van der Waals surface area contributed by atoms with Gasteiger partial charge in [-0.05, 0) is 43.9 Å². The molecule has 0 radical (unpaired) electrons. The molecule has 0 aliphatic heterocycles. The molecule has 3 heteroatoms. The molecule has 2 rings (SSSR count). The zero-order valence-corrected chi connectivity index (χ0v) is 14.7. The van der Waals surface area contributed by atoms with Gasteiger partial charge in [-0.25, -0.2) is 4.79 Å². The lowest BCUT2D eigenvalue weighted by Crippen LogP contribution is -2.12. The summed E-state index contributed by atoms with van der Waals surface area (Å²) in [6.45, 7) is 7.64. The Morgan fingerprint density at radius 1 is 1.04 bits per heavy atom. The summed E-state index contributed by atoms with van der Waals surface area (Å²) in [6.07, 6.45) is 1.23. The summed E-state index contributed by atoms with van der Waals surface area (Å²) < 4.78 is 20.1. The average molecular weight is 326 g/mol. The maximum Gasteiger partial charge on any atom is 0.372 e. The maximum absolute atomic E-state index is 14.8. The van der Waals surface area contributed by atoms with E-state index in [0.29, 0.717) is 23.3 Å². The van der Waals surface area contributed by atoms with E-state index >= 15 is 0 Å². The molecular weight excluding hydrogens is 303 g/mol. The molecular formula is C21H23FO2. The molecule has 0 fully saturated rings. The summed E-state index contributed by atoms with van der Waals surface area (Å²) >= 11 is 0. The number of hydrogen-bond acceptors (Lipinski definition) is 2. The number of rotatable bonds is 5. The van der Waals surface area contributed by atoms with Crippen LogP contribution in [0.4, 0.5) is 4.39 Å². The summed E-state index contributed by atoms with van der Waals surface area (Å²) in [6, 6.07) is 13.0. The Balaban J connectivity index is 2.36. The molecule has 0 heterocycles. The zero-order chi connectivity index (χ0) is 17.7. The normalized spacial score (nSPS) is 11.9. The van der Waals surface area contributed by atoms with Crippen LogP contribution in [0, 0.1) is 20.8 Å². The number of carbonyl (C=O) groups excluding carboxylic acids is 1. The highest BCUT2D eigenvalue weighted by atomic mass is 19.1. The fourth-order valence-corrected chi connectivity index (χ4v) is 2.86. The first-order valence-corrected chi connectivity index (χ1v) is 8.18. The van der Waals surface area contributed by atoms with Crippen molar-refractivity contribution in [3.63, 3.8) is 0 Å². The van der Waals surface area contributed by atoms with Crippen molar-refractivity contribution in [3.05, 3.63) is 70.5 Å². The van der Waals surface area contributed by atoms with Crippen molar-refractivity contribution in [1.29, 1.82) is 0 Å². The number of allylic oxidation sites excluding steroid dienone is 1. The number of esters is 1. The lowest BCUT2D eigenvalue weighted by Gasteiger charge is -2.13. The predicted molar refractivity (Wildman–Crippen MR) is 95.7 cm³/mol. The molecule has 0 amide bonds. The summed E-state index contributed by atoms with van der Waals surface area (Å²) in [5.41, 5.74) is 3.84. The van der Waals surface area contributed by atoms with E-state index in [0.717, 1.165) is 23.1 Å². The van der Waals surface area contributed by atoms with Gasteiger partial charge in [-0.1, -0.05) is 61.4 Å². The maximum atomic E-state index is 14.8. The van der Waals surface area contributed by atoms with Gasteiger partial charge in [0.1, 0.15) is 5.75 Å². The highest BCUT2D eigenvalue weighted by Gasteiger charge is 2.20. The first-order chi connectivity index (χ1) is 11.4. The second-order valence-electron chi connectivity index (χ2n) is 6.03. The molecule has 0 saturated carbocycles. The van der Waals surface area contributed by atoms with Crippen LogP contribution in [0.2, 0.25) is 0 Å². The molecule has 0 saturated heterocycles. The van der Waals surface area contributed by atoms with E-state index in [-0.39, 0.29) is 0 Å². The van der Waals surface area contributed by atoms with Crippen LogP contribution in [0.5, 0.6) is 5.75 Å². The summed E-state index contributed by atoms with van der Waals surface area (Å²) in [4.78, 5) is 12.3. The van der Waals surface area contributed by atoms with Crippen molar-refractivity contribution in [2.75, 3.05) is 0 Å². The standard InChI is InChI=1S/C21H23FO2/c1-5-9-18(17-10-7-6-8-11-17)19(22)21(23)24-20-15(3)12-14(2)13-16(20)4/h6-8,10-13H,5,9H2,1-4H3/b19-18+. The van der Waals surface area contributed by atoms with Crippen molar-refractivity contribution in [1.82, 2.24) is 0 Å². The summed E-state index contributed by atoms with van der Waals surface area (Å²) in [5.74, 6) is -1.32. The minimum Gasteiger partial charge on any atom is -0.421 e. The SMILES string of the molecule is CCC/C(=C(\F)C(=O)Oc1c(C)cc(C)cc1C)c1ccccc1. The molecule has 0 atom stereocenters. The molecule has 0 aliphatic carbocycles. The van der Waals surface area contributed by atoms with Crippen molar-refractivity contribution in [3.8, 4) is 5.75 Å². The fourth-order valence-electron chi connectivity index (χ4n) is 2.86. The van der Waals surface area contributed by atoms with Crippen molar-refractivity contribution < 1.29 is 13.9 Å². The lowest BCUT2D eigenvalue weighted by molar-refractivity contribution is -0.131. The van der Waals surface area contributed by atoms with E-state index in [1.807, 2.05) is 58.0 Å². The Hall–Kier alpha value is -2.42. The van der Waals surface area contributed by atoms with Crippen LogP contribution in [-0.2, 0) is 4.79 Å². The Labute approximate surface area is 143 Å². The van der Waals surface area contributed by atoms with E-state index in [1.54, 1.807) is 12.1 Å². The van der Waals surface area contributed by atoms with Crippen LogP contribution in [0.1, 0.15) is 42.0 Å². The van der Waals surface area contributed by atoms with Gasteiger partial charge in [-0.2, -0.15) is 4.39 Å². The minimum absolute atomic E-state index is 0.394. The molecule has 2 aromatic carbocycles. The molecule has 0 aromatic heterocycles. The number of benzene rings is 2. The topological polar surface area (TPSA) is 26.3 Å². The van der Waals surface area contributed by atoms with Crippen LogP contribution < -0.4 is 4.74 Å². The fraction of sp³-hybridized carbons (Fsp3) is 0.286. The van der Waals surface area contributed by atoms with Gasteiger partial charge in [-0.15, -0.1) is 0 Å². The second kappa shape index (κ2) is 7.91. The van der Waals surface area contributed by atoms with E-state index in [9.17, 15) is 9.18 Å². The molecule has 126 valence electrons. The van der Waals surface area contributed by atoms with Gasteiger partial charge >= 0.3 is 5.97 Å². The quantitative estimate of drug-likeness (QED) is 0.400. The molecule has 0 unspecified atom stereocenters. The van der Waals surface area contributed by atoms with Crippen LogP contribution in [0.3, 0.4) is 0 Å². The van der Waals surface area contributed by atoms with Crippen molar-refractivity contribution >= 4 is 11.5 Å². The Morgan fingerprint density at radius 3 is 2.17 bits per heavy atom. The highest BCUT2D eigenvalue weighted by molar-refractivity contribution is 5.96. The van der Waals surface area contributed by atoms with Crippen molar-refractivity contribution in [2.45, 2.75) is 40.5 Å². The van der Waals surface area contributed by atoms with Crippen LogP contribution in [0.25, 0.3) is 5.57 Å². The number of carbonyl (C=O) groups is 1. The molecule has 2 nitrogen and oxygen atoms in total. The minimum atomic E-state index is -0.933. The van der Waals surface area contributed by atoms with Gasteiger partial charge in [0.15, 0.2) is 0 Å². The van der Waals surface area contributed by atoms with Crippen LogP contribution >= 0.6 is 0 Å². The van der Waals surface area contributed by atoms with E-state index in [2.05, 4.69) is 0 Å². The van der Waals surface area contributed by atoms with Gasteiger partial charge in [0.25, 0.3) is 0 Å². The van der Waals surface area contributed by atoms with E-state index in [4.69, 9.17) is 4.74 Å². The number of halogens is 1. The molecule has 0 spiro atoms. The van der Waals surface area contributed by atoms with Gasteiger partial charge in [-0.3, -0.25) is 0 Å². The van der Waals surface area contributed by atoms with Crippen LogP contribution in [0.15, 0.2) is 48.3 Å². The molecule has 0 N–H and O–H groups in total. The highest BCUT2D eigenvalue weighted by Crippen LogP contribution is 2.29. The molecule has 24 heavy (non-hydrogen) atoms. The molecule has 2 aromatic rings. The molecule has 0 aliphatic rings. The average Bonchev–Trinajstić information content (AvgIpc) is 2.56. The zero-order valence-electron chi connectivity index (χ0n) is 14.7. The Bertz CT molecular complexity index is 738. The first kappa shape index (κ1) is 17.9. The van der Waals surface area contributed by atoms with Gasteiger partial charge in [0.05, 0.1) is 0 Å². The Kier molecular flexibility index (Phi) is 5.91. The predicted octanol–water partition coefficient (Wildman–Crippen LogP) is 5.70. The van der Waals surface area contributed by atoms with E-state index in [1.165, 1.54) is 0 Å². The molecule has 0 bridgehead atoms. The third-order valence-electron chi connectivity index (χ3n) is 3.87. The summed E-state index contributed by atoms with van der Waals surface area (Å²) in [5, 5.41) is 0. The number of aryl methyl sites for hydroxylation is 3. The lowest BCUT2D eigenvalue weighted by atomic mass is 10.0. The van der Waals surface area contributed by atoms with Gasteiger partial charge in [0.2, 0.25) is 5.83 Å². The third-order valence-corrected chi connectivity index (χ3v) is 3.87. The summed E-state index contributed by atoms with van der Waals surface area (Å²) in [7, 11) is 0. The monoisotopic (exact) mass is 326 g/mol. The number of ether oxygens (including phenoxy) is 1. The largest absolute Gasteiger partial charge is 0.421 e. The van der Waals surface area contributed by atoms with Gasteiger partial charge < -0.3 is 4.74 Å². The second-order valence-corrected chi connectivity index (χ2v) is 6.03. The van der Waals surface area contributed by atoms with E-state index < -0.39 is 11.8 Å². The van der Waals surface area contributed by atoms with Crippen LogP contribution in [-0.4, -0.2) is 5.97 Å².